The van der Waals surface area contributed by atoms with Crippen molar-refractivity contribution in [3.63, 3.8) is 0 Å². The minimum atomic E-state index is -0.827. The van der Waals surface area contributed by atoms with Crippen LogP contribution in [0.2, 0.25) is 0 Å². The van der Waals surface area contributed by atoms with E-state index >= 15 is 0 Å². The van der Waals surface area contributed by atoms with E-state index in [4.69, 9.17) is 14.2 Å². The molecule has 1 atom stereocenters. The number of allylic oxidation sites excluding steroid dienone is 2. The number of unbranched alkanes of at least 4 members (excludes halogenated alkanes) is 11. The molecule has 1 saturated heterocycles. The van der Waals surface area contributed by atoms with Crippen molar-refractivity contribution in [3.8, 4) is 0 Å². The van der Waals surface area contributed by atoms with Crippen molar-refractivity contribution in [2.45, 2.75) is 143 Å². The summed E-state index contributed by atoms with van der Waals surface area (Å²) in [7, 11) is 0. The Morgan fingerprint density at radius 1 is 0.786 bits per heavy atom. The largest absolute Gasteiger partial charge is 0.461 e. The van der Waals surface area contributed by atoms with E-state index < -0.39 is 23.3 Å². The Hall–Kier alpha value is -2.19. The van der Waals surface area contributed by atoms with Crippen molar-refractivity contribution in [1.29, 1.82) is 0 Å². The number of hydrogen-bond donors (Lipinski definition) is 2. The van der Waals surface area contributed by atoms with Gasteiger partial charge >= 0.3 is 5.97 Å². The summed E-state index contributed by atoms with van der Waals surface area (Å²) in [6.07, 6.45) is 24.2. The van der Waals surface area contributed by atoms with Crippen molar-refractivity contribution in [1.82, 2.24) is 10.6 Å². The zero-order valence-electron chi connectivity index (χ0n) is 27.3. The van der Waals surface area contributed by atoms with Gasteiger partial charge in [-0.05, 0) is 52.0 Å². The van der Waals surface area contributed by atoms with Gasteiger partial charge in [0.1, 0.15) is 12.7 Å². The predicted octanol–water partition coefficient (Wildman–Crippen LogP) is 6.92. The Morgan fingerprint density at radius 3 is 2.07 bits per heavy atom. The number of carbonyl (C=O) groups is 3. The molecule has 1 rings (SSSR count). The predicted molar refractivity (Wildman–Crippen MR) is 169 cm³/mol. The van der Waals surface area contributed by atoms with E-state index in [1.165, 1.54) is 64.2 Å². The molecule has 1 heterocycles. The molecule has 242 valence electrons. The fraction of sp³-hybridized carbons (Fsp3) is 0.794. The third-order valence-electron chi connectivity index (χ3n) is 7.36. The lowest BCUT2D eigenvalue weighted by molar-refractivity contribution is -0.304. The van der Waals surface area contributed by atoms with Crippen LogP contribution in [0.3, 0.4) is 0 Å². The van der Waals surface area contributed by atoms with Crippen molar-refractivity contribution >= 4 is 17.8 Å². The smallest absolute Gasteiger partial charge is 0.307 e. The van der Waals surface area contributed by atoms with Gasteiger partial charge in [0, 0.05) is 24.9 Å². The van der Waals surface area contributed by atoms with Gasteiger partial charge in [-0.25, -0.2) is 0 Å². The van der Waals surface area contributed by atoms with E-state index in [0.29, 0.717) is 19.6 Å². The summed E-state index contributed by atoms with van der Waals surface area (Å²) in [4.78, 5) is 36.5. The molecule has 0 spiro atoms. The first-order valence-corrected chi connectivity index (χ1v) is 16.4. The summed E-state index contributed by atoms with van der Waals surface area (Å²) >= 11 is 0. The Bertz CT molecular complexity index is 821. The van der Waals surface area contributed by atoms with Gasteiger partial charge in [0.05, 0.1) is 13.0 Å². The fourth-order valence-corrected chi connectivity index (χ4v) is 4.68. The van der Waals surface area contributed by atoms with Crippen LogP contribution in [-0.4, -0.2) is 56.0 Å². The Kier molecular flexibility index (Phi) is 20.1. The van der Waals surface area contributed by atoms with E-state index in [9.17, 15) is 14.4 Å². The van der Waals surface area contributed by atoms with Crippen LogP contribution in [0.4, 0.5) is 0 Å². The van der Waals surface area contributed by atoms with Crippen LogP contribution < -0.4 is 10.6 Å². The molecular formula is C34H60N2O6. The third-order valence-corrected chi connectivity index (χ3v) is 7.36. The molecule has 2 amide bonds. The summed E-state index contributed by atoms with van der Waals surface area (Å²) in [5, 5.41) is 5.63. The minimum Gasteiger partial charge on any atom is -0.461 e. The lowest BCUT2D eigenvalue weighted by Gasteiger charge is -2.44. The van der Waals surface area contributed by atoms with Crippen molar-refractivity contribution < 1.29 is 28.6 Å². The van der Waals surface area contributed by atoms with E-state index in [1.807, 2.05) is 13.8 Å². The highest BCUT2D eigenvalue weighted by Gasteiger charge is 2.45. The van der Waals surface area contributed by atoms with Crippen LogP contribution >= 0.6 is 0 Å². The monoisotopic (exact) mass is 592 g/mol. The SMILES string of the molecule is CCCCCCCC/C=C\CCCCCCCC(=O)NCC=CCOC(=O)CCNC(=O)C1OC(C)(C)OCC1(C)C. The van der Waals surface area contributed by atoms with Gasteiger partial charge in [-0.2, -0.15) is 0 Å². The summed E-state index contributed by atoms with van der Waals surface area (Å²) in [6, 6.07) is 0. The Morgan fingerprint density at radius 2 is 1.40 bits per heavy atom. The van der Waals surface area contributed by atoms with Crippen molar-refractivity contribution in [2.24, 2.45) is 5.41 Å². The number of ether oxygens (including phenoxy) is 3. The van der Waals surface area contributed by atoms with Crippen LogP contribution in [0.5, 0.6) is 0 Å². The first-order valence-electron chi connectivity index (χ1n) is 16.4. The molecule has 0 aromatic carbocycles. The molecule has 0 aromatic heterocycles. The lowest BCUT2D eigenvalue weighted by Crippen LogP contribution is -2.56. The topological polar surface area (TPSA) is 103 Å². The number of esters is 1. The molecule has 2 N–H and O–H groups in total. The molecule has 0 saturated carbocycles. The fourth-order valence-electron chi connectivity index (χ4n) is 4.68. The van der Waals surface area contributed by atoms with Crippen LogP contribution in [-0.2, 0) is 28.6 Å². The molecule has 1 aliphatic heterocycles. The number of nitrogens with one attached hydrogen (secondary N) is 2. The maximum atomic E-state index is 12.6. The van der Waals surface area contributed by atoms with E-state index in [-0.39, 0.29) is 31.4 Å². The molecule has 1 fully saturated rings. The minimum absolute atomic E-state index is 0.0464. The molecular weight excluding hydrogens is 532 g/mol. The molecule has 8 nitrogen and oxygen atoms in total. The quantitative estimate of drug-likeness (QED) is 0.0758. The third kappa shape index (κ3) is 19.1. The Labute approximate surface area is 255 Å². The van der Waals surface area contributed by atoms with Gasteiger partial charge < -0.3 is 24.8 Å². The average Bonchev–Trinajstić information content (AvgIpc) is 2.94. The highest BCUT2D eigenvalue weighted by Crippen LogP contribution is 2.34. The van der Waals surface area contributed by atoms with Crippen molar-refractivity contribution in [3.05, 3.63) is 24.3 Å². The average molecular weight is 593 g/mol. The molecule has 0 aliphatic carbocycles. The van der Waals surface area contributed by atoms with E-state index in [2.05, 4.69) is 29.7 Å². The molecule has 42 heavy (non-hydrogen) atoms. The van der Waals surface area contributed by atoms with Crippen LogP contribution in [0, 0.1) is 5.41 Å². The maximum absolute atomic E-state index is 12.6. The first kappa shape index (κ1) is 37.8. The number of amides is 2. The lowest BCUT2D eigenvalue weighted by atomic mass is 9.85. The van der Waals surface area contributed by atoms with Crippen molar-refractivity contribution in [2.75, 3.05) is 26.3 Å². The highest BCUT2D eigenvalue weighted by atomic mass is 16.7. The second-order valence-corrected chi connectivity index (χ2v) is 12.5. The summed E-state index contributed by atoms with van der Waals surface area (Å²) in [5.74, 6) is -1.45. The van der Waals surface area contributed by atoms with Gasteiger partial charge in [-0.1, -0.05) is 90.4 Å². The van der Waals surface area contributed by atoms with Gasteiger partial charge in [0.2, 0.25) is 11.8 Å². The summed E-state index contributed by atoms with van der Waals surface area (Å²) in [5.41, 5.74) is -0.468. The summed E-state index contributed by atoms with van der Waals surface area (Å²) < 4.78 is 16.6. The second kappa shape index (κ2) is 22.4. The van der Waals surface area contributed by atoms with Crippen LogP contribution in [0.15, 0.2) is 24.3 Å². The maximum Gasteiger partial charge on any atom is 0.307 e. The second-order valence-electron chi connectivity index (χ2n) is 12.5. The highest BCUT2D eigenvalue weighted by molar-refractivity contribution is 5.82. The standard InChI is InChI=1S/C34H60N2O6/c1-6-7-8-9-10-11-12-13-14-15-16-17-18-19-20-23-29(37)35-25-21-22-27-40-30(38)24-26-36-32(39)31-33(2,3)28-41-34(4,5)42-31/h13-14,21-22,31H,6-12,15-20,23-28H2,1-5H3,(H,35,37)(H,36,39)/b14-13-,22-21?. The summed E-state index contributed by atoms with van der Waals surface area (Å²) in [6.45, 7) is 10.7. The van der Waals surface area contributed by atoms with Gasteiger partial charge in [0.15, 0.2) is 5.79 Å². The molecule has 0 bridgehead atoms. The molecule has 0 radical (unpaired) electrons. The van der Waals surface area contributed by atoms with Gasteiger partial charge in [-0.15, -0.1) is 0 Å². The first-order chi connectivity index (χ1) is 20.1. The molecule has 1 unspecified atom stereocenters. The zero-order valence-corrected chi connectivity index (χ0v) is 27.3. The Balaban J connectivity index is 1.96. The normalized spacial score (nSPS) is 17.9. The molecule has 0 aromatic rings. The zero-order chi connectivity index (χ0) is 31.1. The number of hydrogen-bond acceptors (Lipinski definition) is 6. The number of carbonyl (C=O) groups excluding carboxylic acids is 3. The molecule has 8 heteroatoms. The van der Waals surface area contributed by atoms with E-state index in [1.54, 1.807) is 26.0 Å². The van der Waals surface area contributed by atoms with Crippen LogP contribution in [0.25, 0.3) is 0 Å². The van der Waals surface area contributed by atoms with Crippen LogP contribution in [0.1, 0.15) is 131 Å². The van der Waals surface area contributed by atoms with Gasteiger partial charge in [0.25, 0.3) is 0 Å². The number of rotatable bonds is 23. The molecule has 1 aliphatic rings. The van der Waals surface area contributed by atoms with E-state index in [0.717, 1.165) is 19.3 Å². The van der Waals surface area contributed by atoms with Gasteiger partial charge in [-0.3, -0.25) is 14.4 Å².